The van der Waals surface area contributed by atoms with Gasteiger partial charge in [-0.25, -0.2) is 0 Å². The molecule has 4 nitrogen and oxygen atoms in total. The van der Waals surface area contributed by atoms with Crippen molar-refractivity contribution in [3.63, 3.8) is 0 Å². The third-order valence-corrected chi connectivity index (χ3v) is 3.16. The molecular formula is C11H14N4S. The molecule has 2 aromatic heterocycles. The van der Waals surface area contributed by atoms with Gasteiger partial charge >= 0.3 is 0 Å². The standard InChI is InChI=1S/C11H14N4S/c1-6(2)9-5-4-8(7(3)13-9)10-14-15-11(12)16-10/h4-6H,1-3H3,(H2,12,15). The first-order chi connectivity index (χ1) is 7.58. The largest absolute Gasteiger partial charge is 0.374 e. The third kappa shape index (κ3) is 2.04. The fourth-order valence-electron chi connectivity index (χ4n) is 1.47. The maximum atomic E-state index is 5.57. The Hall–Kier alpha value is -1.49. The van der Waals surface area contributed by atoms with E-state index in [2.05, 4.69) is 29.0 Å². The molecule has 0 spiro atoms. The average Bonchev–Trinajstić information content (AvgIpc) is 2.64. The van der Waals surface area contributed by atoms with Gasteiger partial charge < -0.3 is 5.73 Å². The van der Waals surface area contributed by atoms with Crippen molar-refractivity contribution in [3.05, 3.63) is 23.5 Å². The Morgan fingerprint density at radius 1 is 1.25 bits per heavy atom. The van der Waals surface area contributed by atoms with Crippen LogP contribution in [0.25, 0.3) is 10.6 Å². The van der Waals surface area contributed by atoms with Crippen LogP contribution in [0.15, 0.2) is 12.1 Å². The quantitative estimate of drug-likeness (QED) is 0.867. The molecule has 84 valence electrons. The number of hydrogen-bond acceptors (Lipinski definition) is 5. The average molecular weight is 234 g/mol. The fourth-order valence-corrected chi connectivity index (χ4v) is 2.16. The molecule has 2 rings (SSSR count). The van der Waals surface area contributed by atoms with Gasteiger partial charge in [0.15, 0.2) is 5.01 Å². The summed E-state index contributed by atoms with van der Waals surface area (Å²) in [6.07, 6.45) is 0. The summed E-state index contributed by atoms with van der Waals surface area (Å²) in [6.45, 7) is 6.24. The van der Waals surface area contributed by atoms with Crippen LogP contribution in [-0.4, -0.2) is 15.2 Å². The highest BCUT2D eigenvalue weighted by atomic mass is 32.1. The number of anilines is 1. The van der Waals surface area contributed by atoms with Crippen LogP contribution in [0.3, 0.4) is 0 Å². The molecule has 0 aliphatic carbocycles. The maximum Gasteiger partial charge on any atom is 0.203 e. The van der Waals surface area contributed by atoms with E-state index >= 15 is 0 Å². The Balaban J connectivity index is 2.44. The SMILES string of the molecule is Cc1nc(C(C)C)ccc1-c1nnc(N)s1. The van der Waals surface area contributed by atoms with Crippen molar-refractivity contribution in [2.45, 2.75) is 26.7 Å². The van der Waals surface area contributed by atoms with Crippen molar-refractivity contribution in [2.24, 2.45) is 0 Å². The molecule has 0 bridgehead atoms. The number of hydrogen-bond donors (Lipinski definition) is 1. The van der Waals surface area contributed by atoms with Gasteiger partial charge in [0.05, 0.1) is 0 Å². The predicted octanol–water partition coefficient (Wildman–Crippen LogP) is 2.61. The van der Waals surface area contributed by atoms with Gasteiger partial charge in [-0.1, -0.05) is 25.2 Å². The van der Waals surface area contributed by atoms with E-state index in [4.69, 9.17) is 5.73 Å². The van der Waals surface area contributed by atoms with Crippen molar-refractivity contribution < 1.29 is 0 Å². The number of nitrogens with two attached hydrogens (primary N) is 1. The summed E-state index contributed by atoms with van der Waals surface area (Å²) in [5, 5.41) is 9.15. The Bertz CT molecular complexity index is 504. The first kappa shape index (κ1) is 11.0. The summed E-state index contributed by atoms with van der Waals surface area (Å²) in [5.41, 5.74) is 8.65. The number of aromatic nitrogens is 3. The molecule has 0 saturated carbocycles. The minimum Gasteiger partial charge on any atom is -0.374 e. The molecule has 0 aromatic carbocycles. The number of aryl methyl sites for hydroxylation is 1. The highest BCUT2D eigenvalue weighted by molar-refractivity contribution is 7.18. The first-order valence-electron chi connectivity index (χ1n) is 5.15. The van der Waals surface area contributed by atoms with Crippen molar-refractivity contribution >= 4 is 16.5 Å². The van der Waals surface area contributed by atoms with Crippen LogP contribution in [0.5, 0.6) is 0 Å². The van der Waals surface area contributed by atoms with Crippen molar-refractivity contribution in [1.29, 1.82) is 0 Å². The van der Waals surface area contributed by atoms with Crippen molar-refractivity contribution in [2.75, 3.05) is 5.73 Å². The summed E-state index contributed by atoms with van der Waals surface area (Å²) in [5.74, 6) is 0.437. The summed E-state index contributed by atoms with van der Waals surface area (Å²) in [4.78, 5) is 4.56. The molecule has 0 atom stereocenters. The lowest BCUT2D eigenvalue weighted by Crippen LogP contribution is -1.96. The Kier molecular flexibility index (Phi) is 2.87. The molecule has 0 radical (unpaired) electrons. The van der Waals surface area contributed by atoms with Crippen LogP contribution in [0.4, 0.5) is 5.13 Å². The van der Waals surface area contributed by atoms with E-state index in [0.29, 0.717) is 11.0 Å². The van der Waals surface area contributed by atoms with Crippen LogP contribution in [0, 0.1) is 6.92 Å². The van der Waals surface area contributed by atoms with E-state index in [9.17, 15) is 0 Å². The van der Waals surface area contributed by atoms with Gasteiger partial charge in [-0.3, -0.25) is 4.98 Å². The second-order valence-corrected chi connectivity index (χ2v) is 4.98. The van der Waals surface area contributed by atoms with E-state index < -0.39 is 0 Å². The lowest BCUT2D eigenvalue weighted by Gasteiger charge is -2.07. The van der Waals surface area contributed by atoms with Crippen molar-refractivity contribution in [3.8, 4) is 10.6 Å². The molecule has 0 saturated heterocycles. The van der Waals surface area contributed by atoms with Gasteiger partial charge in [0.1, 0.15) is 0 Å². The maximum absolute atomic E-state index is 5.57. The first-order valence-corrected chi connectivity index (χ1v) is 5.96. The highest BCUT2D eigenvalue weighted by Gasteiger charge is 2.10. The smallest absolute Gasteiger partial charge is 0.203 e. The van der Waals surface area contributed by atoms with Gasteiger partial charge in [0.2, 0.25) is 5.13 Å². The van der Waals surface area contributed by atoms with E-state index in [1.165, 1.54) is 11.3 Å². The van der Waals surface area contributed by atoms with Crippen LogP contribution in [0.1, 0.15) is 31.2 Å². The summed E-state index contributed by atoms with van der Waals surface area (Å²) in [6, 6.07) is 4.07. The molecule has 2 aromatic rings. The van der Waals surface area contributed by atoms with Gasteiger partial charge in [-0.05, 0) is 25.0 Å². The fraction of sp³-hybridized carbons (Fsp3) is 0.364. The monoisotopic (exact) mass is 234 g/mol. The van der Waals surface area contributed by atoms with Gasteiger partial charge in [0.25, 0.3) is 0 Å². The Morgan fingerprint density at radius 2 is 2.00 bits per heavy atom. The van der Waals surface area contributed by atoms with Crippen LogP contribution in [0.2, 0.25) is 0 Å². The van der Waals surface area contributed by atoms with Crippen LogP contribution >= 0.6 is 11.3 Å². The molecule has 0 fully saturated rings. The van der Waals surface area contributed by atoms with Crippen molar-refractivity contribution in [1.82, 2.24) is 15.2 Å². The summed E-state index contributed by atoms with van der Waals surface area (Å²) < 4.78 is 0. The topological polar surface area (TPSA) is 64.7 Å². The van der Waals surface area contributed by atoms with Gasteiger partial charge in [-0.2, -0.15) is 0 Å². The lowest BCUT2D eigenvalue weighted by atomic mass is 10.1. The molecule has 0 aliphatic heterocycles. The second kappa shape index (κ2) is 4.17. The van der Waals surface area contributed by atoms with Gasteiger partial charge in [0, 0.05) is 17.0 Å². The lowest BCUT2D eigenvalue weighted by molar-refractivity contribution is 0.816. The predicted molar refractivity (Wildman–Crippen MR) is 66.4 cm³/mol. The molecule has 2 N–H and O–H groups in total. The molecule has 0 aliphatic rings. The number of rotatable bonds is 2. The van der Waals surface area contributed by atoms with Crippen LogP contribution < -0.4 is 5.73 Å². The minimum absolute atomic E-state index is 0.437. The Labute approximate surface area is 98.6 Å². The normalized spacial score (nSPS) is 11.0. The van der Waals surface area contributed by atoms with E-state index in [0.717, 1.165) is 22.0 Å². The third-order valence-electron chi connectivity index (χ3n) is 2.37. The zero-order valence-corrected chi connectivity index (χ0v) is 10.4. The van der Waals surface area contributed by atoms with E-state index in [-0.39, 0.29) is 0 Å². The van der Waals surface area contributed by atoms with Gasteiger partial charge in [-0.15, -0.1) is 10.2 Å². The Morgan fingerprint density at radius 3 is 2.50 bits per heavy atom. The highest BCUT2D eigenvalue weighted by Crippen LogP contribution is 2.27. The molecule has 0 unspecified atom stereocenters. The summed E-state index contributed by atoms with van der Waals surface area (Å²) >= 11 is 1.38. The molecule has 5 heteroatoms. The number of pyridine rings is 1. The minimum atomic E-state index is 0.437. The van der Waals surface area contributed by atoms with E-state index in [1.807, 2.05) is 19.1 Å². The summed E-state index contributed by atoms with van der Waals surface area (Å²) in [7, 11) is 0. The zero-order valence-electron chi connectivity index (χ0n) is 9.56. The molecule has 2 heterocycles. The zero-order chi connectivity index (χ0) is 11.7. The molecule has 0 amide bonds. The number of nitrogen functional groups attached to an aromatic ring is 1. The van der Waals surface area contributed by atoms with E-state index in [1.54, 1.807) is 0 Å². The van der Waals surface area contributed by atoms with Crippen LogP contribution in [-0.2, 0) is 0 Å². The second-order valence-electron chi connectivity index (χ2n) is 3.97. The number of nitrogens with zero attached hydrogens (tertiary/aromatic N) is 3. The molecule has 16 heavy (non-hydrogen) atoms. The molecular weight excluding hydrogens is 220 g/mol.